The average molecular weight is 248 g/mol. The number of aromatic nitrogens is 3. The molecule has 0 aliphatic carbocycles. The maximum Gasteiger partial charge on any atom is 0.350 e. The van der Waals surface area contributed by atoms with Crippen LogP contribution in [-0.2, 0) is 0 Å². The number of non-ortho nitro benzene ring substituents is 1. The van der Waals surface area contributed by atoms with Crippen LogP contribution < -0.4 is 5.69 Å². The monoisotopic (exact) mass is 248 g/mol. The third-order valence-electron chi connectivity index (χ3n) is 2.56. The minimum absolute atomic E-state index is 0.0179. The second kappa shape index (κ2) is 4.44. The molecule has 2 aromatic rings. The highest BCUT2D eigenvalue weighted by molar-refractivity contribution is 5.39. The highest BCUT2D eigenvalue weighted by Gasteiger charge is 2.10. The Hall–Kier alpha value is -2.44. The van der Waals surface area contributed by atoms with Crippen molar-refractivity contribution in [1.82, 2.24) is 14.3 Å². The fourth-order valence-electron chi connectivity index (χ4n) is 1.56. The molecular weight excluding hydrogens is 236 g/mol. The zero-order chi connectivity index (χ0) is 13.3. The van der Waals surface area contributed by atoms with E-state index in [1.54, 1.807) is 0 Å². The second-order valence-electron chi connectivity index (χ2n) is 4.10. The summed E-state index contributed by atoms with van der Waals surface area (Å²) in [5, 5.41) is 14.5. The number of nitro benzene ring substituents is 1. The molecular formula is C11H12N4O3. The maximum atomic E-state index is 12.0. The van der Waals surface area contributed by atoms with Gasteiger partial charge >= 0.3 is 5.69 Å². The van der Waals surface area contributed by atoms with Gasteiger partial charge in [-0.25, -0.2) is 4.79 Å². The molecule has 7 nitrogen and oxygen atoms in total. The molecule has 0 unspecified atom stereocenters. The largest absolute Gasteiger partial charge is 0.350 e. The molecule has 0 bridgehead atoms. The van der Waals surface area contributed by atoms with E-state index >= 15 is 0 Å². The molecule has 2 rings (SSSR count). The van der Waals surface area contributed by atoms with Crippen LogP contribution >= 0.6 is 0 Å². The molecule has 0 fully saturated rings. The SMILES string of the molecule is CC(C)n1cnn(-c2ccc([N+](=O)[O-])cc2)c1=O. The van der Waals surface area contributed by atoms with Crippen molar-refractivity contribution in [2.75, 3.05) is 0 Å². The van der Waals surface area contributed by atoms with Gasteiger partial charge in [-0.15, -0.1) is 0 Å². The van der Waals surface area contributed by atoms with Crippen LogP contribution in [0.4, 0.5) is 5.69 Å². The van der Waals surface area contributed by atoms with E-state index in [0.29, 0.717) is 5.69 Å². The third-order valence-corrected chi connectivity index (χ3v) is 2.56. The van der Waals surface area contributed by atoms with E-state index in [1.807, 2.05) is 13.8 Å². The molecule has 18 heavy (non-hydrogen) atoms. The number of hydrogen-bond donors (Lipinski definition) is 0. The Bertz CT molecular complexity index is 624. The first-order valence-electron chi connectivity index (χ1n) is 5.41. The second-order valence-corrected chi connectivity index (χ2v) is 4.10. The Morgan fingerprint density at radius 3 is 2.33 bits per heavy atom. The molecule has 0 N–H and O–H groups in total. The van der Waals surface area contributed by atoms with Crippen molar-refractivity contribution in [2.24, 2.45) is 0 Å². The van der Waals surface area contributed by atoms with Crippen LogP contribution in [0.2, 0.25) is 0 Å². The predicted octanol–water partition coefficient (Wildman–Crippen LogP) is 1.52. The fraction of sp³-hybridized carbons (Fsp3) is 0.273. The summed E-state index contributed by atoms with van der Waals surface area (Å²) in [4.78, 5) is 22.0. The molecule has 94 valence electrons. The first-order chi connectivity index (χ1) is 8.50. The molecule has 1 heterocycles. The lowest BCUT2D eigenvalue weighted by molar-refractivity contribution is -0.384. The van der Waals surface area contributed by atoms with Gasteiger partial charge < -0.3 is 0 Å². The van der Waals surface area contributed by atoms with Gasteiger partial charge in [0.05, 0.1) is 10.6 Å². The maximum absolute atomic E-state index is 12.0. The van der Waals surface area contributed by atoms with Crippen LogP contribution in [0.5, 0.6) is 0 Å². The first kappa shape index (κ1) is 12.0. The van der Waals surface area contributed by atoms with E-state index in [0.717, 1.165) is 0 Å². The molecule has 0 saturated carbocycles. The first-order valence-corrected chi connectivity index (χ1v) is 5.41. The highest BCUT2D eigenvalue weighted by atomic mass is 16.6. The molecule has 0 amide bonds. The van der Waals surface area contributed by atoms with Gasteiger partial charge in [-0.05, 0) is 26.0 Å². The Labute approximate surface area is 102 Å². The zero-order valence-electron chi connectivity index (χ0n) is 9.98. The van der Waals surface area contributed by atoms with Gasteiger partial charge in [-0.2, -0.15) is 9.78 Å². The van der Waals surface area contributed by atoms with Gasteiger partial charge in [0.1, 0.15) is 6.33 Å². The highest BCUT2D eigenvalue weighted by Crippen LogP contribution is 2.13. The summed E-state index contributed by atoms with van der Waals surface area (Å²) >= 11 is 0. The van der Waals surface area contributed by atoms with Crippen LogP contribution in [0.1, 0.15) is 19.9 Å². The van der Waals surface area contributed by atoms with Gasteiger partial charge in [0.25, 0.3) is 5.69 Å². The lowest BCUT2D eigenvalue weighted by Crippen LogP contribution is -2.24. The smallest absolute Gasteiger partial charge is 0.279 e. The Balaban J connectivity index is 2.43. The minimum Gasteiger partial charge on any atom is -0.279 e. The van der Waals surface area contributed by atoms with Gasteiger partial charge in [-0.1, -0.05) is 0 Å². The van der Waals surface area contributed by atoms with Crippen LogP contribution in [0, 0.1) is 10.1 Å². The predicted molar refractivity (Wildman–Crippen MR) is 64.9 cm³/mol. The third kappa shape index (κ3) is 2.02. The van der Waals surface area contributed by atoms with Crippen molar-refractivity contribution in [3.05, 3.63) is 51.2 Å². The molecule has 1 aromatic heterocycles. The molecule has 0 spiro atoms. The normalized spacial score (nSPS) is 10.8. The number of rotatable bonds is 3. The Morgan fingerprint density at radius 2 is 1.89 bits per heavy atom. The number of benzene rings is 1. The standard InChI is InChI=1S/C11H12N4O3/c1-8(2)13-7-12-14(11(13)16)9-3-5-10(6-4-9)15(17)18/h3-8H,1-2H3. The van der Waals surface area contributed by atoms with E-state index < -0.39 is 4.92 Å². The molecule has 0 aliphatic heterocycles. The van der Waals surface area contributed by atoms with Crippen molar-refractivity contribution < 1.29 is 4.92 Å². The van der Waals surface area contributed by atoms with Gasteiger partial charge in [-0.3, -0.25) is 14.7 Å². The van der Waals surface area contributed by atoms with Crippen LogP contribution in [0.25, 0.3) is 5.69 Å². The van der Waals surface area contributed by atoms with Crippen molar-refractivity contribution in [2.45, 2.75) is 19.9 Å². The van der Waals surface area contributed by atoms with Crippen molar-refractivity contribution in [1.29, 1.82) is 0 Å². The summed E-state index contributed by atoms with van der Waals surface area (Å²) in [6.45, 7) is 3.76. The van der Waals surface area contributed by atoms with Gasteiger partial charge in [0.2, 0.25) is 0 Å². The van der Waals surface area contributed by atoms with E-state index in [9.17, 15) is 14.9 Å². The molecule has 1 aromatic carbocycles. The lowest BCUT2D eigenvalue weighted by atomic mass is 10.3. The summed E-state index contributed by atoms with van der Waals surface area (Å²) < 4.78 is 2.70. The van der Waals surface area contributed by atoms with E-state index in [4.69, 9.17) is 0 Å². The number of nitrogens with zero attached hydrogens (tertiary/aromatic N) is 4. The Kier molecular flexibility index (Phi) is 2.97. The molecule has 0 radical (unpaired) electrons. The van der Waals surface area contributed by atoms with Crippen molar-refractivity contribution >= 4 is 5.69 Å². The Morgan fingerprint density at radius 1 is 1.28 bits per heavy atom. The van der Waals surface area contributed by atoms with Crippen molar-refractivity contribution in [3.63, 3.8) is 0 Å². The molecule has 0 saturated heterocycles. The van der Waals surface area contributed by atoms with Gasteiger partial charge in [0.15, 0.2) is 0 Å². The summed E-state index contributed by atoms with van der Waals surface area (Å²) in [5.74, 6) is 0. The summed E-state index contributed by atoms with van der Waals surface area (Å²) in [6.07, 6.45) is 1.45. The van der Waals surface area contributed by atoms with Crippen molar-refractivity contribution in [3.8, 4) is 5.69 Å². The van der Waals surface area contributed by atoms with E-state index in [2.05, 4.69) is 5.10 Å². The molecule has 0 aliphatic rings. The summed E-state index contributed by atoms with van der Waals surface area (Å²) in [5.41, 5.74) is 0.221. The average Bonchev–Trinajstić information content (AvgIpc) is 2.71. The zero-order valence-corrected chi connectivity index (χ0v) is 9.98. The fourth-order valence-corrected chi connectivity index (χ4v) is 1.56. The quantitative estimate of drug-likeness (QED) is 0.609. The van der Waals surface area contributed by atoms with Crippen LogP contribution in [-0.4, -0.2) is 19.3 Å². The number of nitro groups is 1. The van der Waals surface area contributed by atoms with Crippen LogP contribution in [0.15, 0.2) is 35.4 Å². The molecule has 7 heteroatoms. The van der Waals surface area contributed by atoms with Crippen LogP contribution in [0.3, 0.4) is 0 Å². The minimum atomic E-state index is -0.487. The van der Waals surface area contributed by atoms with E-state index in [1.165, 1.54) is 39.8 Å². The lowest BCUT2D eigenvalue weighted by Gasteiger charge is -2.02. The topological polar surface area (TPSA) is 83.0 Å². The molecule has 0 atom stereocenters. The summed E-state index contributed by atoms with van der Waals surface area (Å²) in [6, 6.07) is 5.70. The van der Waals surface area contributed by atoms with Gasteiger partial charge in [0, 0.05) is 18.2 Å². The number of hydrogen-bond acceptors (Lipinski definition) is 4. The summed E-state index contributed by atoms with van der Waals surface area (Å²) in [7, 11) is 0. The van der Waals surface area contributed by atoms with E-state index in [-0.39, 0.29) is 17.4 Å².